The molecule has 1 aromatic rings. The van der Waals surface area contributed by atoms with Crippen LogP contribution in [0.5, 0.6) is 0 Å². The molecule has 0 aliphatic carbocycles. The lowest BCUT2D eigenvalue weighted by Crippen LogP contribution is -2.22. The smallest absolute Gasteiger partial charge is 0.315 e. The fourth-order valence-corrected chi connectivity index (χ4v) is 1.60. The van der Waals surface area contributed by atoms with Crippen LogP contribution in [0.3, 0.4) is 0 Å². The van der Waals surface area contributed by atoms with E-state index in [4.69, 9.17) is 11.6 Å². The van der Waals surface area contributed by atoms with Crippen molar-refractivity contribution in [2.75, 3.05) is 6.54 Å². The summed E-state index contributed by atoms with van der Waals surface area (Å²) in [6.45, 7) is 0.385. The van der Waals surface area contributed by atoms with Crippen molar-refractivity contribution in [1.29, 1.82) is 0 Å². The summed E-state index contributed by atoms with van der Waals surface area (Å²) < 4.78 is 13.3. The zero-order chi connectivity index (χ0) is 10.1. The summed E-state index contributed by atoms with van der Waals surface area (Å²) in [6, 6.07) is 3.68. The molecule has 1 aliphatic rings. The maximum absolute atomic E-state index is 13.3. The van der Waals surface area contributed by atoms with Gasteiger partial charge in [-0.1, -0.05) is 11.6 Å². The van der Waals surface area contributed by atoms with E-state index < -0.39 is 0 Å². The Morgan fingerprint density at radius 2 is 2.29 bits per heavy atom. The first-order valence-electron chi connectivity index (χ1n) is 4.16. The van der Waals surface area contributed by atoms with Gasteiger partial charge in [0.15, 0.2) is 0 Å². The molecule has 1 aromatic carbocycles. The number of halogens is 2. The summed E-state index contributed by atoms with van der Waals surface area (Å²) >= 11 is 5.73. The van der Waals surface area contributed by atoms with Gasteiger partial charge in [0.25, 0.3) is 0 Å². The first-order chi connectivity index (χ1) is 6.66. The van der Waals surface area contributed by atoms with Crippen LogP contribution < -0.4 is 10.6 Å². The Bertz CT molecular complexity index is 383. The molecule has 0 aromatic heterocycles. The molecule has 3 nitrogen and oxygen atoms in total. The second kappa shape index (κ2) is 3.46. The molecule has 0 spiro atoms. The zero-order valence-electron chi connectivity index (χ0n) is 7.18. The molecular weight excluding hydrogens is 207 g/mol. The van der Waals surface area contributed by atoms with Gasteiger partial charge >= 0.3 is 6.03 Å². The van der Waals surface area contributed by atoms with Crippen molar-refractivity contribution < 1.29 is 9.18 Å². The van der Waals surface area contributed by atoms with Crippen LogP contribution >= 0.6 is 11.6 Å². The molecule has 1 heterocycles. The lowest BCUT2D eigenvalue weighted by atomic mass is 10.1. The summed E-state index contributed by atoms with van der Waals surface area (Å²) in [4.78, 5) is 10.8. The third-order valence-corrected chi connectivity index (χ3v) is 2.34. The quantitative estimate of drug-likeness (QED) is 0.736. The highest BCUT2D eigenvalue weighted by molar-refractivity contribution is 6.30. The predicted molar refractivity (Wildman–Crippen MR) is 50.7 cm³/mol. The molecule has 1 fully saturated rings. The molecule has 14 heavy (non-hydrogen) atoms. The fourth-order valence-electron chi connectivity index (χ4n) is 1.42. The van der Waals surface area contributed by atoms with Gasteiger partial charge in [-0.2, -0.15) is 0 Å². The van der Waals surface area contributed by atoms with Crippen LogP contribution in [-0.4, -0.2) is 12.6 Å². The van der Waals surface area contributed by atoms with Gasteiger partial charge in [-0.05, 0) is 18.2 Å². The number of benzene rings is 1. The van der Waals surface area contributed by atoms with Crippen molar-refractivity contribution in [3.8, 4) is 0 Å². The third-order valence-electron chi connectivity index (χ3n) is 2.11. The molecule has 0 unspecified atom stereocenters. The number of carbonyl (C=O) groups excluding carboxylic acids is 1. The average molecular weight is 215 g/mol. The second-order valence-corrected chi connectivity index (χ2v) is 3.51. The molecular formula is C9H8ClFN2O. The first kappa shape index (κ1) is 9.27. The highest BCUT2D eigenvalue weighted by Gasteiger charge is 2.24. The topological polar surface area (TPSA) is 41.1 Å². The Kier molecular flexibility index (Phi) is 2.29. The molecule has 0 saturated carbocycles. The molecule has 2 rings (SSSR count). The van der Waals surface area contributed by atoms with Gasteiger partial charge in [-0.3, -0.25) is 0 Å². The highest BCUT2D eigenvalue weighted by Crippen LogP contribution is 2.22. The third kappa shape index (κ3) is 1.65. The van der Waals surface area contributed by atoms with E-state index in [9.17, 15) is 9.18 Å². The molecule has 5 heteroatoms. The lowest BCUT2D eigenvalue weighted by Gasteiger charge is -2.10. The Hall–Kier alpha value is -1.29. The monoisotopic (exact) mass is 214 g/mol. The van der Waals surface area contributed by atoms with Gasteiger partial charge in [0.2, 0.25) is 0 Å². The number of nitrogens with one attached hydrogen (secondary N) is 2. The molecule has 1 aliphatic heterocycles. The van der Waals surface area contributed by atoms with Gasteiger partial charge in [-0.25, -0.2) is 9.18 Å². The molecule has 0 radical (unpaired) electrons. The summed E-state index contributed by atoms with van der Waals surface area (Å²) in [7, 11) is 0. The van der Waals surface area contributed by atoms with E-state index in [0.717, 1.165) is 0 Å². The van der Waals surface area contributed by atoms with Gasteiger partial charge in [0.05, 0.1) is 6.04 Å². The second-order valence-electron chi connectivity index (χ2n) is 3.07. The summed E-state index contributed by atoms with van der Waals surface area (Å²) in [5.41, 5.74) is 0.413. The number of rotatable bonds is 1. The Labute approximate surface area is 85.3 Å². The first-order valence-corrected chi connectivity index (χ1v) is 4.54. The largest absolute Gasteiger partial charge is 0.336 e. The van der Waals surface area contributed by atoms with E-state index in [1.807, 2.05) is 0 Å². The maximum Gasteiger partial charge on any atom is 0.315 e. The van der Waals surface area contributed by atoms with E-state index >= 15 is 0 Å². The van der Waals surface area contributed by atoms with Crippen molar-refractivity contribution in [2.45, 2.75) is 6.04 Å². The van der Waals surface area contributed by atoms with Crippen LogP contribution in [0, 0.1) is 5.82 Å². The maximum atomic E-state index is 13.3. The molecule has 2 N–H and O–H groups in total. The van der Waals surface area contributed by atoms with Crippen LogP contribution in [0.4, 0.5) is 9.18 Å². The number of hydrogen-bond acceptors (Lipinski definition) is 1. The summed E-state index contributed by atoms with van der Waals surface area (Å²) in [6.07, 6.45) is 0. The van der Waals surface area contributed by atoms with Crippen molar-refractivity contribution in [2.24, 2.45) is 0 Å². The molecule has 2 amide bonds. The summed E-state index contributed by atoms with van der Waals surface area (Å²) in [5, 5.41) is 5.61. The van der Waals surface area contributed by atoms with Crippen LogP contribution in [0.15, 0.2) is 18.2 Å². The van der Waals surface area contributed by atoms with Crippen molar-refractivity contribution in [3.05, 3.63) is 34.6 Å². The molecule has 1 saturated heterocycles. The standard InChI is InChI=1S/C9H8ClFN2O/c10-5-1-2-7(11)6(3-5)8-4-12-9(14)13-8/h1-3,8H,4H2,(H2,12,13,14)/t8-/m1/s1. The van der Waals surface area contributed by atoms with Crippen LogP contribution in [0.1, 0.15) is 11.6 Å². The van der Waals surface area contributed by atoms with E-state index in [1.165, 1.54) is 18.2 Å². The van der Waals surface area contributed by atoms with E-state index in [1.54, 1.807) is 0 Å². The average Bonchev–Trinajstić information content (AvgIpc) is 2.56. The van der Waals surface area contributed by atoms with E-state index in [0.29, 0.717) is 17.1 Å². The minimum Gasteiger partial charge on any atom is -0.336 e. The predicted octanol–water partition coefficient (Wildman–Crippen LogP) is 1.83. The van der Waals surface area contributed by atoms with Crippen LogP contribution in [-0.2, 0) is 0 Å². The molecule has 74 valence electrons. The van der Waals surface area contributed by atoms with Gasteiger partial charge in [-0.15, -0.1) is 0 Å². The van der Waals surface area contributed by atoms with E-state index in [2.05, 4.69) is 10.6 Å². The fraction of sp³-hybridized carbons (Fsp3) is 0.222. The van der Waals surface area contributed by atoms with Crippen LogP contribution in [0.25, 0.3) is 0 Å². The molecule has 1 atom stereocenters. The Morgan fingerprint density at radius 3 is 2.93 bits per heavy atom. The number of hydrogen-bond donors (Lipinski definition) is 2. The Balaban J connectivity index is 2.31. The highest BCUT2D eigenvalue weighted by atomic mass is 35.5. The summed E-state index contributed by atoms with van der Waals surface area (Å²) in [5.74, 6) is -0.358. The lowest BCUT2D eigenvalue weighted by molar-refractivity contribution is 0.247. The number of urea groups is 1. The number of amides is 2. The minimum atomic E-state index is -0.358. The van der Waals surface area contributed by atoms with Crippen molar-refractivity contribution >= 4 is 17.6 Å². The molecule has 0 bridgehead atoms. The Morgan fingerprint density at radius 1 is 1.50 bits per heavy atom. The van der Waals surface area contributed by atoms with Gasteiger partial charge < -0.3 is 10.6 Å². The minimum absolute atomic E-state index is 0.283. The normalized spacial score (nSPS) is 20.4. The van der Waals surface area contributed by atoms with Crippen LogP contribution in [0.2, 0.25) is 5.02 Å². The van der Waals surface area contributed by atoms with Crippen molar-refractivity contribution in [1.82, 2.24) is 10.6 Å². The number of carbonyl (C=O) groups is 1. The SMILES string of the molecule is O=C1NC[C@H](c2cc(Cl)ccc2F)N1. The van der Waals surface area contributed by atoms with Crippen molar-refractivity contribution in [3.63, 3.8) is 0 Å². The van der Waals surface area contributed by atoms with Gasteiger partial charge in [0.1, 0.15) is 5.82 Å². The van der Waals surface area contributed by atoms with E-state index in [-0.39, 0.29) is 17.9 Å². The zero-order valence-corrected chi connectivity index (χ0v) is 7.94. The van der Waals surface area contributed by atoms with Gasteiger partial charge in [0, 0.05) is 17.1 Å².